The first-order chi connectivity index (χ1) is 8.49. The summed E-state index contributed by atoms with van der Waals surface area (Å²) < 4.78 is 22.9. The summed E-state index contributed by atoms with van der Waals surface area (Å²) in [5, 5.41) is 7.59. The number of piperidine rings is 1. The van der Waals surface area contributed by atoms with Crippen molar-refractivity contribution in [2.75, 3.05) is 36.9 Å². The van der Waals surface area contributed by atoms with Crippen LogP contribution < -0.4 is 10.6 Å². The lowest BCUT2D eigenvalue weighted by Crippen LogP contribution is -2.44. The van der Waals surface area contributed by atoms with E-state index in [0.717, 1.165) is 37.1 Å². The second-order valence-corrected chi connectivity index (χ2v) is 9.24. The maximum absolute atomic E-state index is 11.5. The predicted molar refractivity (Wildman–Crippen MR) is 78.0 cm³/mol. The molecule has 106 valence electrons. The van der Waals surface area contributed by atoms with Crippen LogP contribution >= 0.6 is 11.8 Å². The van der Waals surface area contributed by atoms with Gasteiger partial charge in [0.15, 0.2) is 9.84 Å². The Labute approximate surface area is 115 Å². The lowest BCUT2D eigenvalue weighted by atomic mass is 10.0. The molecule has 6 heteroatoms. The van der Waals surface area contributed by atoms with E-state index < -0.39 is 9.84 Å². The molecule has 2 N–H and O–H groups in total. The van der Waals surface area contributed by atoms with Crippen LogP contribution in [0.15, 0.2) is 0 Å². The first kappa shape index (κ1) is 14.6. The van der Waals surface area contributed by atoms with Gasteiger partial charge in [0.25, 0.3) is 0 Å². The second kappa shape index (κ2) is 6.11. The van der Waals surface area contributed by atoms with Gasteiger partial charge >= 0.3 is 0 Å². The zero-order valence-electron chi connectivity index (χ0n) is 11.1. The quantitative estimate of drug-likeness (QED) is 0.728. The molecule has 0 spiro atoms. The normalized spacial score (nSPS) is 32.7. The summed E-state index contributed by atoms with van der Waals surface area (Å²) in [6.45, 7) is 5.23. The fourth-order valence-corrected chi connectivity index (χ4v) is 5.94. The smallest absolute Gasteiger partial charge is 0.152 e. The molecule has 2 aliphatic rings. The highest BCUT2D eigenvalue weighted by atomic mass is 32.2. The molecule has 0 radical (unpaired) electrons. The van der Waals surface area contributed by atoms with Gasteiger partial charge in [0.05, 0.1) is 11.5 Å². The standard InChI is InChI=1S/C12H24N2O2S2/c1-12(4-9-18(15,16)10-12)14-7-8-17-11-2-5-13-6-3-11/h11,13-14H,2-10H2,1H3. The number of hydrogen-bond donors (Lipinski definition) is 2. The zero-order valence-corrected chi connectivity index (χ0v) is 12.7. The highest BCUT2D eigenvalue weighted by Gasteiger charge is 2.37. The average molecular weight is 292 g/mol. The van der Waals surface area contributed by atoms with E-state index in [0.29, 0.717) is 11.5 Å². The molecule has 0 aromatic heterocycles. The largest absolute Gasteiger partial charge is 0.317 e. The van der Waals surface area contributed by atoms with Crippen molar-refractivity contribution in [1.82, 2.24) is 10.6 Å². The minimum absolute atomic E-state index is 0.187. The van der Waals surface area contributed by atoms with Gasteiger partial charge in [-0.15, -0.1) is 0 Å². The van der Waals surface area contributed by atoms with Crippen molar-refractivity contribution in [2.45, 2.75) is 37.0 Å². The van der Waals surface area contributed by atoms with E-state index in [2.05, 4.69) is 10.6 Å². The molecule has 2 fully saturated rings. The lowest BCUT2D eigenvalue weighted by molar-refractivity contribution is 0.410. The molecule has 2 saturated heterocycles. The van der Waals surface area contributed by atoms with Crippen LogP contribution in [0.1, 0.15) is 26.2 Å². The summed E-state index contributed by atoms with van der Waals surface area (Å²) in [5.74, 6) is 1.73. The number of sulfone groups is 1. The van der Waals surface area contributed by atoms with Crippen LogP contribution in [-0.4, -0.2) is 56.1 Å². The van der Waals surface area contributed by atoms with Crippen LogP contribution in [-0.2, 0) is 9.84 Å². The van der Waals surface area contributed by atoms with Crippen molar-refractivity contribution in [3.8, 4) is 0 Å². The third-order valence-corrected chi connectivity index (χ3v) is 7.08. The van der Waals surface area contributed by atoms with E-state index >= 15 is 0 Å². The summed E-state index contributed by atoms with van der Waals surface area (Å²) in [6, 6.07) is 0. The molecule has 0 aromatic rings. The average Bonchev–Trinajstić information content (AvgIpc) is 2.61. The van der Waals surface area contributed by atoms with Gasteiger partial charge in [0.2, 0.25) is 0 Å². The fourth-order valence-electron chi connectivity index (χ4n) is 2.69. The summed E-state index contributed by atoms with van der Waals surface area (Å²) >= 11 is 2.03. The Kier molecular flexibility index (Phi) is 4.97. The Morgan fingerprint density at radius 2 is 2.11 bits per heavy atom. The minimum Gasteiger partial charge on any atom is -0.317 e. The first-order valence-electron chi connectivity index (χ1n) is 6.77. The summed E-state index contributed by atoms with van der Waals surface area (Å²) in [5.41, 5.74) is -0.187. The molecule has 0 bridgehead atoms. The molecular formula is C12H24N2O2S2. The van der Waals surface area contributed by atoms with Crippen LogP contribution in [0.4, 0.5) is 0 Å². The zero-order chi connectivity index (χ0) is 13.1. The van der Waals surface area contributed by atoms with Crippen LogP contribution in [0.3, 0.4) is 0 Å². The van der Waals surface area contributed by atoms with Gasteiger partial charge in [-0.1, -0.05) is 0 Å². The van der Waals surface area contributed by atoms with Crippen molar-refractivity contribution in [1.29, 1.82) is 0 Å². The summed E-state index contributed by atoms with van der Waals surface area (Å²) in [7, 11) is -2.79. The minimum atomic E-state index is -2.79. The highest BCUT2D eigenvalue weighted by Crippen LogP contribution is 2.23. The van der Waals surface area contributed by atoms with E-state index in [-0.39, 0.29) is 5.54 Å². The van der Waals surface area contributed by atoms with Gasteiger partial charge in [-0.25, -0.2) is 8.42 Å². The monoisotopic (exact) mass is 292 g/mol. The Hall–Kier alpha value is 0.220. The molecule has 0 saturated carbocycles. The van der Waals surface area contributed by atoms with Gasteiger partial charge in [0, 0.05) is 23.1 Å². The Morgan fingerprint density at radius 1 is 1.39 bits per heavy atom. The summed E-state index contributed by atoms with van der Waals surface area (Å²) in [6.07, 6.45) is 3.28. The lowest BCUT2D eigenvalue weighted by Gasteiger charge is -2.25. The third kappa shape index (κ3) is 4.40. The molecule has 0 amide bonds. The van der Waals surface area contributed by atoms with E-state index in [1.54, 1.807) is 0 Å². The highest BCUT2D eigenvalue weighted by molar-refractivity contribution is 7.99. The molecule has 4 nitrogen and oxygen atoms in total. The molecule has 2 rings (SSSR count). The van der Waals surface area contributed by atoms with E-state index in [1.165, 1.54) is 12.8 Å². The second-order valence-electron chi connectivity index (χ2n) is 5.65. The van der Waals surface area contributed by atoms with Crippen molar-refractivity contribution in [3.05, 3.63) is 0 Å². The van der Waals surface area contributed by atoms with Gasteiger partial charge in [-0.2, -0.15) is 11.8 Å². The molecule has 0 aliphatic carbocycles. The Balaban J connectivity index is 1.63. The van der Waals surface area contributed by atoms with Crippen molar-refractivity contribution in [3.63, 3.8) is 0 Å². The SMILES string of the molecule is CC1(NCCSC2CCNCC2)CCS(=O)(=O)C1. The maximum atomic E-state index is 11.5. The Bertz CT molecular complexity index is 366. The first-order valence-corrected chi connectivity index (χ1v) is 9.64. The van der Waals surface area contributed by atoms with E-state index in [9.17, 15) is 8.42 Å². The van der Waals surface area contributed by atoms with Crippen LogP contribution in [0.2, 0.25) is 0 Å². The molecule has 0 aromatic carbocycles. The van der Waals surface area contributed by atoms with Gasteiger partial charge < -0.3 is 10.6 Å². The fraction of sp³-hybridized carbons (Fsp3) is 1.00. The molecule has 18 heavy (non-hydrogen) atoms. The molecular weight excluding hydrogens is 268 g/mol. The number of rotatable bonds is 5. The van der Waals surface area contributed by atoms with Gasteiger partial charge in [-0.05, 0) is 39.3 Å². The van der Waals surface area contributed by atoms with Crippen molar-refractivity contribution in [2.24, 2.45) is 0 Å². The Morgan fingerprint density at radius 3 is 2.72 bits per heavy atom. The van der Waals surface area contributed by atoms with E-state index in [4.69, 9.17) is 0 Å². The predicted octanol–water partition coefficient (Wildman–Crippen LogP) is 0.638. The van der Waals surface area contributed by atoms with Gasteiger partial charge in [-0.3, -0.25) is 0 Å². The number of nitrogens with one attached hydrogen (secondary N) is 2. The van der Waals surface area contributed by atoms with Crippen molar-refractivity contribution >= 4 is 21.6 Å². The molecule has 1 atom stereocenters. The van der Waals surface area contributed by atoms with Crippen LogP contribution in [0.25, 0.3) is 0 Å². The molecule has 1 unspecified atom stereocenters. The van der Waals surface area contributed by atoms with Gasteiger partial charge in [0.1, 0.15) is 0 Å². The van der Waals surface area contributed by atoms with Crippen LogP contribution in [0.5, 0.6) is 0 Å². The summed E-state index contributed by atoms with van der Waals surface area (Å²) in [4.78, 5) is 0. The van der Waals surface area contributed by atoms with Crippen LogP contribution in [0, 0.1) is 0 Å². The molecule has 2 heterocycles. The van der Waals surface area contributed by atoms with Crippen molar-refractivity contribution < 1.29 is 8.42 Å². The number of thioether (sulfide) groups is 1. The maximum Gasteiger partial charge on any atom is 0.152 e. The topological polar surface area (TPSA) is 58.2 Å². The number of hydrogen-bond acceptors (Lipinski definition) is 5. The van der Waals surface area contributed by atoms with E-state index in [1.807, 2.05) is 18.7 Å². The molecule has 2 aliphatic heterocycles. The third-order valence-electron chi connectivity index (χ3n) is 3.80.